The number of aliphatic hydroxyl groups excluding tert-OH is 1. The molecule has 1 amide bonds. The van der Waals surface area contributed by atoms with Crippen LogP contribution in [0.25, 0.3) is 0 Å². The Balaban J connectivity index is 1.74. The number of esters is 1. The van der Waals surface area contributed by atoms with Crippen LogP contribution in [0, 0.1) is 22.0 Å². The number of nitro groups is 1. The van der Waals surface area contributed by atoms with Crippen molar-refractivity contribution in [3.05, 3.63) is 39.9 Å². The van der Waals surface area contributed by atoms with Gasteiger partial charge in [0.05, 0.1) is 17.6 Å². The van der Waals surface area contributed by atoms with Crippen LogP contribution in [-0.2, 0) is 14.3 Å². The van der Waals surface area contributed by atoms with Gasteiger partial charge in [0.1, 0.15) is 0 Å². The van der Waals surface area contributed by atoms with E-state index >= 15 is 0 Å². The van der Waals surface area contributed by atoms with Gasteiger partial charge in [-0.2, -0.15) is 0 Å². The quantitative estimate of drug-likeness (QED) is 0.407. The lowest BCUT2D eigenvalue weighted by Gasteiger charge is -2.27. The molecule has 1 unspecified atom stereocenters. The highest BCUT2D eigenvalue weighted by atomic mass is 16.6. The molecule has 1 fully saturated rings. The predicted molar refractivity (Wildman–Crippen MR) is 97.8 cm³/mol. The van der Waals surface area contributed by atoms with Crippen LogP contribution in [0.2, 0.25) is 0 Å². The SMILES string of the molecule is CCOC(=O)CC1CCC(C(=O)NCC(O)c2ccc([N+](=O)[O-])cc2)CC1. The van der Waals surface area contributed by atoms with Gasteiger partial charge < -0.3 is 15.2 Å². The first-order valence-electron chi connectivity index (χ1n) is 9.26. The highest BCUT2D eigenvalue weighted by molar-refractivity contribution is 5.78. The third kappa shape index (κ3) is 6.32. The second-order valence-corrected chi connectivity index (χ2v) is 6.84. The first-order chi connectivity index (χ1) is 12.9. The highest BCUT2D eigenvalue weighted by Gasteiger charge is 2.28. The number of hydrogen-bond acceptors (Lipinski definition) is 6. The standard InChI is InChI=1S/C19H26N2O6/c1-2-27-18(23)11-13-3-5-15(6-4-13)19(24)20-12-17(22)14-7-9-16(10-8-14)21(25)26/h7-10,13,15,17,22H,2-6,11-12H2,1H3,(H,20,24). The van der Waals surface area contributed by atoms with Crippen LogP contribution in [0.4, 0.5) is 5.69 Å². The van der Waals surface area contributed by atoms with E-state index in [1.807, 2.05) is 0 Å². The summed E-state index contributed by atoms with van der Waals surface area (Å²) in [6.07, 6.45) is 2.52. The Kier molecular flexibility index (Phi) is 7.72. The third-order valence-electron chi connectivity index (χ3n) is 4.94. The van der Waals surface area contributed by atoms with E-state index in [2.05, 4.69) is 5.32 Å². The summed E-state index contributed by atoms with van der Waals surface area (Å²) in [4.78, 5) is 34.0. The number of non-ortho nitro benzene ring substituents is 1. The fourth-order valence-electron chi connectivity index (χ4n) is 3.36. The van der Waals surface area contributed by atoms with Gasteiger partial charge in [-0.25, -0.2) is 0 Å². The van der Waals surface area contributed by atoms with E-state index in [1.165, 1.54) is 24.3 Å². The molecule has 0 heterocycles. The van der Waals surface area contributed by atoms with Gasteiger partial charge in [0.15, 0.2) is 0 Å². The minimum Gasteiger partial charge on any atom is -0.466 e. The fraction of sp³-hybridized carbons (Fsp3) is 0.579. The number of aliphatic hydroxyl groups is 1. The second-order valence-electron chi connectivity index (χ2n) is 6.84. The summed E-state index contributed by atoms with van der Waals surface area (Å²) in [7, 11) is 0. The summed E-state index contributed by atoms with van der Waals surface area (Å²) in [5.74, 6) is -0.145. The monoisotopic (exact) mass is 378 g/mol. The lowest BCUT2D eigenvalue weighted by molar-refractivity contribution is -0.384. The molecule has 0 aliphatic heterocycles. The zero-order chi connectivity index (χ0) is 19.8. The van der Waals surface area contributed by atoms with Crippen molar-refractivity contribution >= 4 is 17.6 Å². The summed E-state index contributed by atoms with van der Waals surface area (Å²) in [5.41, 5.74) is 0.466. The van der Waals surface area contributed by atoms with Gasteiger partial charge in [-0.15, -0.1) is 0 Å². The maximum absolute atomic E-state index is 12.3. The zero-order valence-corrected chi connectivity index (χ0v) is 15.4. The minimum absolute atomic E-state index is 0.0467. The highest BCUT2D eigenvalue weighted by Crippen LogP contribution is 2.31. The van der Waals surface area contributed by atoms with Gasteiger partial charge in [0.2, 0.25) is 5.91 Å². The van der Waals surface area contributed by atoms with E-state index in [1.54, 1.807) is 6.92 Å². The van der Waals surface area contributed by atoms with Crippen LogP contribution in [-0.4, -0.2) is 35.1 Å². The summed E-state index contributed by atoms with van der Waals surface area (Å²) in [6.45, 7) is 2.22. The number of amides is 1. The minimum atomic E-state index is -0.921. The fourth-order valence-corrected chi connectivity index (χ4v) is 3.36. The smallest absolute Gasteiger partial charge is 0.306 e. The van der Waals surface area contributed by atoms with Crippen molar-refractivity contribution in [2.24, 2.45) is 11.8 Å². The summed E-state index contributed by atoms with van der Waals surface area (Å²) >= 11 is 0. The molecule has 0 aromatic heterocycles. The van der Waals surface area contributed by atoms with E-state index in [-0.39, 0.29) is 35.9 Å². The number of carbonyl (C=O) groups excluding carboxylic acids is 2. The Hall–Kier alpha value is -2.48. The molecule has 0 radical (unpaired) electrons. The molecule has 148 valence electrons. The number of rotatable bonds is 8. The van der Waals surface area contributed by atoms with Crippen LogP contribution in [0.1, 0.15) is 50.7 Å². The van der Waals surface area contributed by atoms with Crippen molar-refractivity contribution in [1.82, 2.24) is 5.32 Å². The topological polar surface area (TPSA) is 119 Å². The molecule has 0 saturated heterocycles. The van der Waals surface area contributed by atoms with Gasteiger partial charge >= 0.3 is 5.97 Å². The number of nitrogens with zero attached hydrogens (tertiary/aromatic N) is 1. The van der Waals surface area contributed by atoms with E-state index in [4.69, 9.17) is 4.74 Å². The average Bonchev–Trinajstić information content (AvgIpc) is 2.66. The van der Waals surface area contributed by atoms with Crippen LogP contribution < -0.4 is 5.32 Å². The Labute approximate surface area is 158 Å². The number of nitrogens with one attached hydrogen (secondary N) is 1. The van der Waals surface area contributed by atoms with E-state index < -0.39 is 11.0 Å². The van der Waals surface area contributed by atoms with Gasteiger partial charge in [-0.3, -0.25) is 19.7 Å². The summed E-state index contributed by atoms with van der Waals surface area (Å²) in [5, 5.41) is 23.5. The lowest BCUT2D eigenvalue weighted by Crippen LogP contribution is -2.36. The van der Waals surface area contributed by atoms with Gasteiger partial charge in [0.25, 0.3) is 5.69 Å². The van der Waals surface area contributed by atoms with Crippen LogP contribution >= 0.6 is 0 Å². The van der Waals surface area contributed by atoms with Gasteiger partial charge in [-0.1, -0.05) is 0 Å². The molecule has 1 aliphatic carbocycles. The molecule has 27 heavy (non-hydrogen) atoms. The van der Waals surface area contributed by atoms with E-state index in [9.17, 15) is 24.8 Å². The number of benzene rings is 1. The molecule has 0 spiro atoms. The van der Waals surface area contributed by atoms with Crippen molar-refractivity contribution in [2.45, 2.75) is 45.1 Å². The molecule has 8 nitrogen and oxygen atoms in total. The third-order valence-corrected chi connectivity index (χ3v) is 4.94. The number of nitro benzene ring substituents is 1. The largest absolute Gasteiger partial charge is 0.466 e. The number of hydrogen-bond donors (Lipinski definition) is 2. The van der Waals surface area contributed by atoms with E-state index in [0.29, 0.717) is 31.4 Å². The molecule has 1 saturated carbocycles. The van der Waals surface area contributed by atoms with Gasteiger partial charge in [0, 0.05) is 31.0 Å². The van der Waals surface area contributed by atoms with Crippen molar-refractivity contribution < 1.29 is 24.4 Å². The molecular weight excluding hydrogens is 352 g/mol. The molecule has 0 bridgehead atoms. The van der Waals surface area contributed by atoms with Crippen molar-refractivity contribution in [2.75, 3.05) is 13.2 Å². The van der Waals surface area contributed by atoms with Crippen molar-refractivity contribution in [1.29, 1.82) is 0 Å². The molecule has 1 aliphatic rings. The summed E-state index contributed by atoms with van der Waals surface area (Å²) in [6, 6.07) is 5.61. The molecule has 8 heteroatoms. The maximum Gasteiger partial charge on any atom is 0.306 e. The van der Waals surface area contributed by atoms with Crippen LogP contribution in [0.3, 0.4) is 0 Å². The normalized spacial score (nSPS) is 20.5. The first-order valence-corrected chi connectivity index (χ1v) is 9.26. The Bertz CT molecular complexity index is 653. The van der Waals surface area contributed by atoms with Crippen LogP contribution in [0.15, 0.2) is 24.3 Å². The van der Waals surface area contributed by atoms with Gasteiger partial charge in [-0.05, 0) is 56.2 Å². The second kappa shape index (κ2) is 10.0. The van der Waals surface area contributed by atoms with Crippen LogP contribution in [0.5, 0.6) is 0 Å². The average molecular weight is 378 g/mol. The molecular formula is C19H26N2O6. The first kappa shape index (κ1) is 20.8. The molecule has 2 rings (SSSR count). The van der Waals surface area contributed by atoms with E-state index in [0.717, 1.165) is 12.8 Å². The Morgan fingerprint density at radius 3 is 2.44 bits per heavy atom. The number of ether oxygens (including phenoxy) is 1. The molecule has 1 aromatic carbocycles. The van der Waals surface area contributed by atoms with Crippen molar-refractivity contribution in [3.8, 4) is 0 Å². The maximum atomic E-state index is 12.3. The Morgan fingerprint density at radius 1 is 1.26 bits per heavy atom. The predicted octanol–water partition coefficient (Wildman–Crippen LogP) is 2.50. The number of carbonyl (C=O) groups is 2. The Morgan fingerprint density at radius 2 is 1.89 bits per heavy atom. The lowest BCUT2D eigenvalue weighted by atomic mass is 9.80. The summed E-state index contributed by atoms with van der Waals surface area (Å²) < 4.78 is 4.96. The molecule has 1 atom stereocenters. The van der Waals surface area contributed by atoms with Crippen molar-refractivity contribution in [3.63, 3.8) is 0 Å². The zero-order valence-electron chi connectivity index (χ0n) is 15.4. The molecule has 2 N–H and O–H groups in total. The molecule has 1 aromatic rings.